The molecule has 1 fully saturated rings. The quantitative estimate of drug-likeness (QED) is 0.909. The fourth-order valence-corrected chi connectivity index (χ4v) is 4.03. The molecule has 1 atom stereocenters. The van der Waals surface area contributed by atoms with Crippen LogP contribution >= 0.6 is 22.9 Å². The highest BCUT2D eigenvalue weighted by Gasteiger charge is 2.23. The van der Waals surface area contributed by atoms with Gasteiger partial charge in [-0.3, -0.25) is 0 Å². The number of likely N-dealkylation sites (N-methyl/N-ethyl adjacent to an activating group) is 1. The first-order valence-corrected chi connectivity index (χ1v) is 7.91. The number of hydrogen-bond donors (Lipinski definition) is 2. The van der Waals surface area contributed by atoms with E-state index in [1.54, 1.807) is 11.3 Å². The van der Waals surface area contributed by atoms with Gasteiger partial charge in [-0.15, -0.1) is 11.3 Å². The fourth-order valence-electron chi connectivity index (χ4n) is 2.31. The Hall–Kier alpha value is -1.18. The maximum atomic E-state index is 6.00. The van der Waals surface area contributed by atoms with E-state index in [9.17, 15) is 0 Å². The highest BCUT2D eigenvalue weighted by atomic mass is 32.1. The summed E-state index contributed by atoms with van der Waals surface area (Å²) < 4.78 is 4.27. The first-order valence-electron chi connectivity index (χ1n) is 6.26. The van der Waals surface area contributed by atoms with Crippen LogP contribution in [0.3, 0.4) is 0 Å². The molecule has 5 nitrogen and oxygen atoms in total. The smallest absolute Gasteiger partial charge is 0.149 e. The second-order valence-corrected chi connectivity index (χ2v) is 6.59. The Morgan fingerprint density at radius 1 is 1.53 bits per heavy atom. The van der Waals surface area contributed by atoms with Crippen LogP contribution in [0.5, 0.6) is 0 Å². The molecule has 0 radical (unpaired) electrons. The first kappa shape index (κ1) is 12.8. The van der Waals surface area contributed by atoms with Gasteiger partial charge in [0.15, 0.2) is 0 Å². The number of rotatable bonds is 3. The van der Waals surface area contributed by atoms with Crippen molar-refractivity contribution in [2.24, 2.45) is 0 Å². The van der Waals surface area contributed by atoms with E-state index in [4.69, 9.17) is 5.73 Å². The van der Waals surface area contributed by atoms with Crippen molar-refractivity contribution in [1.29, 1.82) is 0 Å². The summed E-state index contributed by atoms with van der Waals surface area (Å²) in [5.74, 6) is 0.577. The molecule has 102 valence electrons. The molecular formula is C12H17N5S2. The van der Waals surface area contributed by atoms with Crippen molar-refractivity contribution in [2.45, 2.75) is 19.4 Å². The van der Waals surface area contributed by atoms with Gasteiger partial charge in [-0.25, -0.2) is 4.98 Å². The van der Waals surface area contributed by atoms with Gasteiger partial charge in [0, 0.05) is 23.7 Å². The van der Waals surface area contributed by atoms with Gasteiger partial charge >= 0.3 is 0 Å². The summed E-state index contributed by atoms with van der Waals surface area (Å²) in [5.41, 5.74) is 7.99. The lowest BCUT2D eigenvalue weighted by Crippen LogP contribution is -2.23. The van der Waals surface area contributed by atoms with Crippen LogP contribution in [0.25, 0.3) is 10.6 Å². The lowest BCUT2D eigenvalue weighted by Gasteiger charge is -2.13. The normalized spacial score (nSPS) is 20.0. The lowest BCUT2D eigenvalue weighted by molar-refractivity contribution is 0.414. The van der Waals surface area contributed by atoms with Crippen molar-refractivity contribution >= 4 is 33.7 Å². The fraction of sp³-hybridized carbons (Fsp3) is 0.500. The summed E-state index contributed by atoms with van der Waals surface area (Å²) in [4.78, 5) is 6.85. The third kappa shape index (κ3) is 2.58. The SMILES string of the molecule is Cc1csc(-c2c(N)nsc2NC2CCN(C)C2)n1. The van der Waals surface area contributed by atoms with Crippen LogP contribution in [0.15, 0.2) is 5.38 Å². The minimum absolute atomic E-state index is 0.477. The number of nitrogen functional groups attached to an aromatic ring is 1. The number of aromatic nitrogens is 2. The van der Waals surface area contributed by atoms with Crippen molar-refractivity contribution in [2.75, 3.05) is 31.2 Å². The van der Waals surface area contributed by atoms with Crippen LogP contribution in [0.1, 0.15) is 12.1 Å². The summed E-state index contributed by atoms with van der Waals surface area (Å²) in [6.45, 7) is 4.20. The largest absolute Gasteiger partial charge is 0.382 e. The molecule has 0 amide bonds. The van der Waals surface area contributed by atoms with Crippen molar-refractivity contribution in [1.82, 2.24) is 14.3 Å². The topological polar surface area (TPSA) is 67.1 Å². The predicted molar refractivity (Wildman–Crippen MR) is 81.9 cm³/mol. The Kier molecular flexibility index (Phi) is 3.42. The standard InChI is InChI=1S/C12H17N5S2/c1-7-6-18-11(14-7)9-10(13)16-19-12(9)15-8-3-4-17(2)5-8/h6,8,15H,3-5H2,1-2H3,(H2,13,16). The predicted octanol–water partition coefficient (Wildman–Crippen LogP) is 2.27. The molecule has 1 saturated heterocycles. The van der Waals surface area contributed by atoms with Crippen LogP contribution in [0, 0.1) is 6.92 Å². The number of nitrogens with zero attached hydrogens (tertiary/aromatic N) is 3. The average molecular weight is 295 g/mol. The van der Waals surface area contributed by atoms with E-state index in [-0.39, 0.29) is 0 Å². The van der Waals surface area contributed by atoms with E-state index in [1.165, 1.54) is 11.5 Å². The van der Waals surface area contributed by atoms with Crippen LogP contribution in [0.4, 0.5) is 10.8 Å². The van der Waals surface area contributed by atoms with Crippen molar-refractivity contribution in [3.05, 3.63) is 11.1 Å². The molecule has 1 aliphatic heterocycles. The Morgan fingerprint density at radius 3 is 3.00 bits per heavy atom. The summed E-state index contributed by atoms with van der Waals surface area (Å²) >= 11 is 3.05. The van der Waals surface area contributed by atoms with Crippen LogP contribution in [0.2, 0.25) is 0 Å². The molecule has 0 spiro atoms. The van der Waals surface area contributed by atoms with Crippen molar-refractivity contribution in [3.63, 3.8) is 0 Å². The van der Waals surface area contributed by atoms with Gasteiger partial charge < -0.3 is 16.0 Å². The number of anilines is 2. The van der Waals surface area contributed by atoms with Gasteiger partial charge in [0.2, 0.25) is 0 Å². The molecular weight excluding hydrogens is 278 g/mol. The van der Waals surface area contributed by atoms with Crippen LogP contribution in [-0.2, 0) is 0 Å². The van der Waals surface area contributed by atoms with E-state index in [2.05, 4.69) is 26.6 Å². The van der Waals surface area contributed by atoms with Crippen molar-refractivity contribution in [3.8, 4) is 10.6 Å². The van der Waals surface area contributed by atoms with E-state index in [0.717, 1.165) is 40.8 Å². The number of nitrogens with one attached hydrogen (secondary N) is 1. The van der Waals surface area contributed by atoms with Gasteiger partial charge in [-0.05, 0) is 38.5 Å². The molecule has 0 bridgehead atoms. The molecule has 1 aliphatic rings. The number of likely N-dealkylation sites (tertiary alicyclic amines) is 1. The maximum Gasteiger partial charge on any atom is 0.149 e. The number of hydrogen-bond acceptors (Lipinski definition) is 7. The summed E-state index contributed by atoms with van der Waals surface area (Å²) in [5, 5.41) is 7.62. The Labute approximate surface area is 120 Å². The monoisotopic (exact) mass is 295 g/mol. The zero-order valence-electron chi connectivity index (χ0n) is 11.0. The minimum Gasteiger partial charge on any atom is -0.382 e. The first-order chi connectivity index (χ1) is 9.13. The molecule has 3 rings (SSSR count). The van der Waals surface area contributed by atoms with Gasteiger partial charge in [0.1, 0.15) is 15.8 Å². The van der Waals surface area contributed by atoms with E-state index in [1.807, 2.05) is 12.3 Å². The minimum atomic E-state index is 0.477. The number of aryl methyl sites for hydroxylation is 1. The molecule has 0 aromatic carbocycles. The third-order valence-electron chi connectivity index (χ3n) is 3.28. The van der Waals surface area contributed by atoms with E-state index >= 15 is 0 Å². The van der Waals surface area contributed by atoms with Gasteiger partial charge in [0.25, 0.3) is 0 Å². The van der Waals surface area contributed by atoms with E-state index < -0.39 is 0 Å². The average Bonchev–Trinajstić information content (AvgIpc) is 3.03. The number of nitrogens with two attached hydrogens (primary N) is 1. The molecule has 2 aromatic rings. The summed E-state index contributed by atoms with van der Waals surface area (Å²) in [7, 11) is 2.15. The zero-order valence-corrected chi connectivity index (χ0v) is 12.6. The van der Waals surface area contributed by atoms with Crippen LogP contribution in [-0.4, -0.2) is 40.4 Å². The molecule has 1 unspecified atom stereocenters. The molecule has 19 heavy (non-hydrogen) atoms. The second kappa shape index (κ2) is 5.07. The Morgan fingerprint density at radius 2 is 2.37 bits per heavy atom. The van der Waals surface area contributed by atoms with Gasteiger partial charge in [-0.1, -0.05) is 0 Å². The molecule has 3 heterocycles. The number of thiazole rings is 1. The maximum absolute atomic E-state index is 6.00. The molecule has 7 heteroatoms. The highest BCUT2D eigenvalue weighted by molar-refractivity contribution is 7.15. The summed E-state index contributed by atoms with van der Waals surface area (Å²) in [6, 6.07) is 0.477. The summed E-state index contributed by atoms with van der Waals surface area (Å²) in [6.07, 6.45) is 1.16. The van der Waals surface area contributed by atoms with Crippen molar-refractivity contribution < 1.29 is 0 Å². The van der Waals surface area contributed by atoms with E-state index in [0.29, 0.717) is 11.9 Å². The third-order valence-corrected chi connectivity index (χ3v) is 5.05. The molecule has 3 N–H and O–H groups in total. The van der Waals surface area contributed by atoms with Gasteiger partial charge in [-0.2, -0.15) is 4.37 Å². The Bertz CT molecular complexity index is 576. The molecule has 2 aromatic heterocycles. The van der Waals surface area contributed by atoms with Gasteiger partial charge in [0.05, 0.1) is 5.56 Å². The highest BCUT2D eigenvalue weighted by Crippen LogP contribution is 2.39. The molecule has 0 aliphatic carbocycles. The van der Waals surface area contributed by atoms with Crippen LogP contribution < -0.4 is 11.1 Å². The Balaban J connectivity index is 1.86. The molecule has 0 saturated carbocycles. The zero-order chi connectivity index (χ0) is 13.4. The lowest BCUT2D eigenvalue weighted by atomic mass is 10.2. The second-order valence-electron chi connectivity index (χ2n) is 4.96.